The SMILES string of the molecule is N#CC1CN(Cc2ccccc2)CC1c1cccc(F)c1OC(N)=O. The van der Waals surface area contributed by atoms with Crippen molar-refractivity contribution in [3.63, 3.8) is 0 Å². The fourth-order valence-electron chi connectivity index (χ4n) is 3.33. The summed E-state index contributed by atoms with van der Waals surface area (Å²) in [6.07, 6.45) is -1.07. The topological polar surface area (TPSA) is 79.3 Å². The van der Waals surface area contributed by atoms with E-state index in [1.54, 1.807) is 12.1 Å². The first-order valence-corrected chi connectivity index (χ1v) is 8.00. The first-order chi connectivity index (χ1) is 12.1. The van der Waals surface area contributed by atoms with Crippen LogP contribution in [0.1, 0.15) is 17.0 Å². The highest BCUT2D eigenvalue weighted by atomic mass is 19.1. The van der Waals surface area contributed by atoms with Crippen LogP contribution in [-0.4, -0.2) is 24.1 Å². The zero-order chi connectivity index (χ0) is 17.8. The highest BCUT2D eigenvalue weighted by Gasteiger charge is 2.36. The molecule has 5 nitrogen and oxygen atoms in total. The predicted octanol–water partition coefficient (Wildman–Crippen LogP) is 3.02. The van der Waals surface area contributed by atoms with Gasteiger partial charge in [0.1, 0.15) is 0 Å². The van der Waals surface area contributed by atoms with E-state index in [4.69, 9.17) is 10.5 Å². The van der Waals surface area contributed by atoms with E-state index >= 15 is 0 Å². The number of ether oxygens (including phenoxy) is 1. The third-order valence-corrected chi connectivity index (χ3v) is 4.41. The van der Waals surface area contributed by atoms with Gasteiger partial charge in [0, 0.05) is 31.1 Å². The Hall–Kier alpha value is -2.91. The zero-order valence-electron chi connectivity index (χ0n) is 13.6. The molecule has 0 aromatic heterocycles. The van der Waals surface area contributed by atoms with Gasteiger partial charge in [-0.05, 0) is 11.6 Å². The maximum absolute atomic E-state index is 14.1. The summed E-state index contributed by atoms with van der Waals surface area (Å²) in [7, 11) is 0. The Kier molecular flexibility index (Phi) is 4.96. The second kappa shape index (κ2) is 7.32. The predicted molar refractivity (Wildman–Crippen MR) is 90.2 cm³/mol. The number of nitrogens with zero attached hydrogens (tertiary/aromatic N) is 2. The van der Waals surface area contributed by atoms with Crippen molar-refractivity contribution in [2.24, 2.45) is 11.7 Å². The van der Waals surface area contributed by atoms with Gasteiger partial charge >= 0.3 is 6.09 Å². The monoisotopic (exact) mass is 339 g/mol. The maximum atomic E-state index is 14.1. The number of halogens is 1. The lowest BCUT2D eigenvalue weighted by atomic mass is 9.89. The van der Waals surface area contributed by atoms with Crippen molar-refractivity contribution < 1.29 is 13.9 Å². The van der Waals surface area contributed by atoms with Crippen LogP contribution in [0.25, 0.3) is 0 Å². The van der Waals surface area contributed by atoms with Crippen molar-refractivity contribution in [3.8, 4) is 11.8 Å². The lowest BCUT2D eigenvalue weighted by Crippen LogP contribution is -2.21. The average molecular weight is 339 g/mol. The van der Waals surface area contributed by atoms with Crippen molar-refractivity contribution >= 4 is 6.09 Å². The van der Waals surface area contributed by atoms with Gasteiger partial charge < -0.3 is 10.5 Å². The number of primary amides is 1. The Balaban J connectivity index is 1.86. The number of para-hydroxylation sites is 1. The van der Waals surface area contributed by atoms with E-state index in [-0.39, 0.29) is 17.6 Å². The molecule has 0 spiro atoms. The van der Waals surface area contributed by atoms with Crippen molar-refractivity contribution in [2.75, 3.05) is 13.1 Å². The average Bonchev–Trinajstić information content (AvgIpc) is 3.00. The normalized spacial score (nSPS) is 20.2. The molecule has 1 amide bonds. The molecule has 128 valence electrons. The Morgan fingerprint density at radius 2 is 2.00 bits per heavy atom. The third-order valence-electron chi connectivity index (χ3n) is 4.41. The molecular weight excluding hydrogens is 321 g/mol. The minimum absolute atomic E-state index is 0.179. The number of likely N-dealkylation sites (tertiary alicyclic amines) is 1. The molecule has 2 aromatic rings. The van der Waals surface area contributed by atoms with Crippen LogP contribution in [0, 0.1) is 23.1 Å². The fraction of sp³-hybridized carbons (Fsp3) is 0.263. The third kappa shape index (κ3) is 3.78. The summed E-state index contributed by atoms with van der Waals surface area (Å²) in [4.78, 5) is 13.2. The first kappa shape index (κ1) is 16.9. The van der Waals surface area contributed by atoms with Crippen molar-refractivity contribution in [1.82, 2.24) is 4.90 Å². The Labute approximate surface area is 145 Å². The van der Waals surface area contributed by atoms with Gasteiger partial charge in [-0.3, -0.25) is 4.90 Å². The summed E-state index contributed by atoms with van der Waals surface area (Å²) >= 11 is 0. The van der Waals surface area contributed by atoms with Gasteiger partial charge in [0.05, 0.1) is 12.0 Å². The second-order valence-electron chi connectivity index (χ2n) is 6.10. The molecular formula is C19H18FN3O2. The minimum atomic E-state index is -1.07. The van der Waals surface area contributed by atoms with E-state index < -0.39 is 11.9 Å². The highest BCUT2D eigenvalue weighted by molar-refractivity contribution is 5.69. The van der Waals surface area contributed by atoms with Crippen molar-refractivity contribution in [2.45, 2.75) is 12.5 Å². The molecule has 0 saturated carbocycles. The number of nitriles is 1. The summed E-state index contributed by atoms with van der Waals surface area (Å²) in [6.45, 7) is 1.85. The lowest BCUT2D eigenvalue weighted by Gasteiger charge is -2.18. The number of nitrogens with two attached hydrogens (primary N) is 1. The number of hydrogen-bond acceptors (Lipinski definition) is 4. The molecule has 1 aliphatic rings. The Morgan fingerprint density at radius 1 is 1.24 bits per heavy atom. The summed E-state index contributed by atoms with van der Waals surface area (Å²) in [5, 5.41) is 9.52. The van der Waals surface area contributed by atoms with Gasteiger partial charge in [0.25, 0.3) is 0 Å². The van der Waals surface area contributed by atoms with Crippen LogP contribution in [0.5, 0.6) is 5.75 Å². The van der Waals surface area contributed by atoms with Crippen LogP contribution in [0.4, 0.5) is 9.18 Å². The molecule has 1 saturated heterocycles. The van der Waals surface area contributed by atoms with E-state index in [0.717, 1.165) is 5.56 Å². The van der Waals surface area contributed by atoms with Crippen LogP contribution < -0.4 is 10.5 Å². The standard InChI is InChI=1S/C19H18FN3O2/c20-17-8-4-7-15(18(17)25-19(22)24)16-12-23(11-14(16)9-21)10-13-5-2-1-3-6-13/h1-8,14,16H,10-12H2,(H2,22,24). The molecule has 2 unspecified atom stereocenters. The van der Waals surface area contributed by atoms with Crippen molar-refractivity contribution in [3.05, 3.63) is 65.5 Å². The van der Waals surface area contributed by atoms with E-state index in [9.17, 15) is 14.4 Å². The molecule has 6 heteroatoms. The largest absolute Gasteiger partial charge is 0.410 e. The molecule has 1 heterocycles. The summed E-state index contributed by atoms with van der Waals surface area (Å²) in [6, 6.07) is 16.7. The van der Waals surface area contributed by atoms with Gasteiger partial charge in [0.15, 0.2) is 11.6 Å². The number of benzene rings is 2. The first-order valence-electron chi connectivity index (χ1n) is 8.00. The van der Waals surface area contributed by atoms with Gasteiger partial charge in [-0.2, -0.15) is 5.26 Å². The number of carbonyl (C=O) groups is 1. The van der Waals surface area contributed by atoms with Crippen LogP contribution in [-0.2, 0) is 6.54 Å². The quantitative estimate of drug-likeness (QED) is 0.928. The highest BCUT2D eigenvalue weighted by Crippen LogP contribution is 2.39. The molecule has 2 atom stereocenters. The molecule has 2 N–H and O–H groups in total. The molecule has 0 bridgehead atoms. The summed E-state index contributed by atoms with van der Waals surface area (Å²) < 4.78 is 19.0. The Bertz CT molecular complexity index is 804. The van der Waals surface area contributed by atoms with Crippen LogP contribution >= 0.6 is 0 Å². The van der Waals surface area contributed by atoms with E-state index in [2.05, 4.69) is 11.0 Å². The second-order valence-corrected chi connectivity index (χ2v) is 6.10. The van der Waals surface area contributed by atoms with Crippen molar-refractivity contribution in [1.29, 1.82) is 5.26 Å². The van der Waals surface area contributed by atoms with E-state index in [1.165, 1.54) is 6.07 Å². The Morgan fingerprint density at radius 3 is 2.68 bits per heavy atom. The summed E-state index contributed by atoms with van der Waals surface area (Å²) in [5.74, 6) is -1.41. The van der Waals surface area contributed by atoms with Crippen LogP contribution in [0.2, 0.25) is 0 Å². The molecule has 1 fully saturated rings. The molecule has 1 aliphatic heterocycles. The number of amides is 1. The smallest absolute Gasteiger partial charge is 0.407 e. The molecule has 0 aliphatic carbocycles. The van der Waals surface area contributed by atoms with Crippen LogP contribution in [0.15, 0.2) is 48.5 Å². The summed E-state index contributed by atoms with van der Waals surface area (Å²) in [5.41, 5.74) is 6.70. The van der Waals surface area contributed by atoms with Gasteiger partial charge in [-0.1, -0.05) is 42.5 Å². The lowest BCUT2D eigenvalue weighted by molar-refractivity contribution is 0.208. The van der Waals surface area contributed by atoms with Gasteiger partial charge in [0.2, 0.25) is 0 Å². The van der Waals surface area contributed by atoms with Gasteiger partial charge in [-0.15, -0.1) is 0 Å². The fourth-order valence-corrected chi connectivity index (χ4v) is 3.33. The maximum Gasteiger partial charge on any atom is 0.410 e. The number of hydrogen-bond donors (Lipinski definition) is 1. The number of rotatable bonds is 4. The number of carbonyl (C=O) groups excluding carboxylic acids is 1. The van der Waals surface area contributed by atoms with E-state index in [0.29, 0.717) is 25.2 Å². The van der Waals surface area contributed by atoms with Gasteiger partial charge in [-0.25, -0.2) is 9.18 Å². The minimum Gasteiger partial charge on any atom is -0.407 e. The van der Waals surface area contributed by atoms with E-state index in [1.807, 2.05) is 30.3 Å². The van der Waals surface area contributed by atoms with Crippen LogP contribution in [0.3, 0.4) is 0 Å². The zero-order valence-corrected chi connectivity index (χ0v) is 13.6. The molecule has 2 aromatic carbocycles. The molecule has 25 heavy (non-hydrogen) atoms. The molecule has 3 rings (SSSR count). The molecule has 0 radical (unpaired) electrons.